The first-order valence-electron chi connectivity index (χ1n) is 6.37. The van der Waals surface area contributed by atoms with E-state index in [1.165, 1.54) is 0 Å². The molecule has 1 unspecified atom stereocenters. The van der Waals surface area contributed by atoms with Crippen LogP contribution in [-0.4, -0.2) is 23.8 Å². The summed E-state index contributed by atoms with van der Waals surface area (Å²) in [6.07, 6.45) is 4.49. The van der Waals surface area contributed by atoms with Crippen LogP contribution in [0.4, 0.5) is 0 Å². The molecule has 0 aromatic carbocycles. The first-order chi connectivity index (χ1) is 7.01. The summed E-state index contributed by atoms with van der Waals surface area (Å²) < 4.78 is 0. The topological polar surface area (TPSA) is 32.3 Å². The van der Waals surface area contributed by atoms with Crippen molar-refractivity contribution in [1.82, 2.24) is 5.32 Å². The maximum absolute atomic E-state index is 9.36. The molecule has 0 saturated carbocycles. The van der Waals surface area contributed by atoms with Gasteiger partial charge in [0.2, 0.25) is 0 Å². The molecule has 2 nitrogen and oxygen atoms in total. The van der Waals surface area contributed by atoms with Crippen molar-refractivity contribution in [3.63, 3.8) is 0 Å². The van der Waals surface area contributed by atoms with E-state index in [2.05, 4.69) is 39.9 Å². The van der Waals surface area contributed by atoms with Crippen molar-refractivity contribution < 1.29 is 5.11 Å². The Labute approximate surface area is 95.5 Å². The summed E-state index contributed by atoms with van der Waals surface area (Å²) in [5, 5.41) is 13.0. The Hall–Kier alpha value is -0.0800. The Morgan fingerprint density at radius 3 is 1.67 bits per heavy atom. The minimum absolute atomic E-state index is 0.0325. The number of aliphatic hydroxyl groups is 1. The predicted molar refractivity (Wildman–Crippen MR) is 67.1 cm³/mol. The molecule has 0 heterocycles. The van der Waals surface area contributed by atoms with Gasteiger partial charge in [0.15, 0.2) is 0 Å². The number of hydrogen-bond acceptors (Lipinski definition) is 2. The monoisotopic (exact) mass is 215 g/mol. The molecule has 0 rings (SSSR count). The van der Waals surface area contributed by atoms with Crippen LogP contribution in [0.15, 0.2) is 0 Å². The Kier molecular flexibility index (Phi) is 6.46. The third-order valence-electron chi connectivity index (χ3n) is 4.16. The van der Waals surface area contributed by atoms with Gasteiger partial charge in [0.1, 0.15) is 0 Å². The maximum atomic E-state index is 9.36. The summed E-state index contributed by atoms with van der Waals surface area (Å²) in [4.78, 5) is 0. The van der Waals surface area contributed by atoms with Crippen molar-refractivity contribution >= 4 is 0 Å². The molecule has 0 spiro atoms. The Bertz CT molecular complexity index is 152. The lowest BCUT2D eigenvalue weighted by atomic mass is 9.84. The Balaban J connectivity index is 4.32. The quantitative estimate of drug-likeness (QED) is 0.652. The van der Waals surface area contributed by atoms with Gasteiger partial charge >= 0.3 is 0 Å². The molecule has 1 atom stereocenters. The minimum atomic E-state index is 0.0325. The van der Waals surface area contributed by atoms with Gasteiger partial charge in [0.25, 0.3) is 0 Å². The molecule has 0 aromatic heterocycles. The molecule has 2 heteroatoms. The van der Waals surface area contributed by atoms with Crippen LogP contribution in [0.1, 0.15) is 60.3 Å². The standard InChI is InChI=1S/C13H29NO/c1-6-12(5,11-15)10-14-13(7-2,8-3)9-4/h14-15H,6-11H2,1-5H3. The van der Waals surface area contributed by atoms with Gasteiger partial charge in [-0.3, -0.25) is 0 Å². The second-order valence-electron chi connectivity index (χ2n) is 5.02. The molecule has 0 saturated heterocycles. The van der Waals surface area contributed by atoms with Gasteiger partial charge in [-0.1, -0.05) is 34.6 Å². The summed E-state index contributed by atoms with van der Waals surface area (Å²) in [6.45, 7) is 12.2. The van der Waals surface area contributed by atoms with Crippen molar-refractivity contribution in [3.05, 3.63) is 0 Å². The Morgan fingerprint density at radius 1 is 0.933 bits per heavy atom. The highest BCUT2D eigenvalue weighted by molar-refractivity contribution is 4.87. The molecule has 2 N–H and O–H groups in total. The molecule has 0 amide bonds. The van der Waals surface area contributed by atoms with E-state index in [0.29, 0.717) is 0 Å². The second kappa shape index (κ2) is 6.49. The fourth-order valence-corrected chi connectivity index (χ4v) is 1.82. The summed E-state index contributed by atoms with van der Waals surface area (Å²) in [7, 11) is 0. The molecule has 0 aliphatic rings. The van der Waals surface area contributed by atoms with Crippen LogP contribution in [0.2, 0.25) is 0 Å². The highest BCUT2D eigenvalue weighted by Gasteiger charge is 2.28. The average Bonchev–Trinajstić information content (AvgIpc) is 2.31. The van der Waals surface area contributed by atoms with Crippen molar-refractivity contribution in [2.45, 2.75) is 65.8 Å². The Morgan fingerprint density at radius 2 is 1.40 bits per heavy atom. The lowest BCUT2D eigenvalue weighted by Crippen LogP contribution is -2.49. The smallest absolute Gasteiger partial charge is 0.0496 e. The fourth-order valence-electron chi connectivity index (χ4n) is 1.82. The molecule has 0 bridgehead atoms. The van der Waals surface area contributed by atoms with Crippen molar-refractivity contribution in [3.8, 4) is 0 Å². The van der Waals surface area contributed by atoms with Gasteiger partial charge in [-0.2, -0.15) is 0 Å². The lowest BCUT2D eigenvalue weighted by molar-refractivity contribution is 0.118. The summed E-state index contributed by atoms with van der Waals surface area (Å²) >= 11 is 0. The predicted octanol–water partition coefficient (Wildman–Crippen LogP) is 2.95. The van der Waals surface area contributed by atoms with Crippen molar-refractivity contribution in [2.75, 3.05) is 13.2 Å². The SMILES string of the molecule is CCC(C)(CO)CNC(CC)(CC)CC. The van der Waals surface area contributed by atoms with Gasteiger partial charge in [-0.05, 0) is 25.7 Å². The van der Waals surface area contributed by atoms with Crippen LogP contribution in [0.3, 0.4) is 0 Å². The largest absolute Gasteiger partial charge is 0.396 e. The minimum Gasteiger partial charge on any atom is -0.396 e. The van der Waals surface area contributed by atoms with E-state index in [1.54, 1.807) is 0 Å². The third-order valence-corrected chi connectivity index (χ3v) is 4.16. The van der Waals surface area contributed by atoms with Crippen LogP contribution in [-0.2, 0) is 0 Å². The molecule has 0 fully saturated rings. The molecule has 15 heavy (non-hydrogen) atoms. The third kappa shape index (κ3) is 4.12. The highest BCUT2D eigenvalue weighted by Crippen LogP contribution is 2.24. The van der Waals surface area contributed by atoms with E-state index in [9.17, 15) is 5.11 Å². The number of aliphatic hydroxyl groups excluding tert-OH is 1. The summed E-state index contributed by atoms with van der Waals surface area (Å²) in [5.41, 5.74) is 0.302. The zero-order valence-corrected chi connectivity index (χ0v) is 11.2. The molecule has 92 valence electrons. The highest BCUT2D eigenvalue weighted by atomic mass is 16.3. The molecule has 0 aliphatic carbocycles. The summed E-state index contributed by atoms with van der Waals surface area (Å²) in [5.74, 6) is 0. The van der Waals surface area contributed by atoms with Crippen LogP contribution in [0.25, 0.3) is 0 Å². The number of rotatable bonds is 8. The van der Waals surface area contributed by atoms with Crippen molar-refractivity contribution in [1.29, 1.82) is 0 Å². The van der Waals surface area contributed by atoms with Crippen LogP contribution < -0.4 is 5.32 Å². The van der Waals surface area contributed by atoms with E-state index < -0.39 is 0 Å². The van der Waals surface area contributed by atoms with E-state index in [0.717, 1.165) is 32.2 Å². The summed E-state index contributed by atoms with van der Waals surface area (Å²) in [6, 6.07) is 0. The van der Waals surface area contributed by atoms with Crippen LogP contribution in [0, 0.1) is 5.41 Å². The fraction of sp³-hybridized carbons (Fsp3) is 1.00. The van der Waals surface area contributed by atoms with Crippen LogP contribution in [0.5, 0.6) is 0 Å². The van der Waals surface area contributed by atoms with Crippen molar-refractivity contribution in [2.24, 2.45) is 5.41 Å². The van der Waals surface area contributed by atoms with E-state index in [4.69, 9.17) is 0 Å². The second-order valence-corrected chi connectivity index (χ2v) is 5.02. The molecule has 0 aromatic rings. The van der Waals surface area contributed by atoms with Crippen LogP contribution >= 0.6 is 0 Å². The first kappa shape index (κ1) is 14.9. The van der Waals surface area contributed by atoms with E-state index in [-0.39, 0.29) is 17.6 Å². The first-order valence-corrected chi connectivity index (χ1v) is 6.37. The normalized spacial score (nSPS) is 16.4. The van der Waals surface area contributed by atoms with Gasteiger partial charge < -0.3 is 10.4 Å². The molecule has 0 aliphatic heterocycles. The van der Waals surface area contributed by atoms with Gasteiger partial charge in [-0.25, -0.2) is 0 Å². The zero-order valence-electron chi connectivity index (χ0n) is 11.2. The average molecular weight is 215 g/mol. The van der Waals surface area contributed by atoms with Gasteiger partial charge in [0.05, 0.1) is 0 Å². The van der Waals surface area contributed by atoms with Gasteiger partial charge in [0, 0.05) is 24.1 Å². The number of nitrogens with one attached hydrogen (secondary N) is 1. The zero-order chi connectivity index (χ0) is 11.9. The molecule has 0 radical (unpaired) electrons. The van der Waals surface area contributed by atoms with Gasteiger partial charge in [-0.15, -0.1) is 0 Å². The number of hydrogen-bond donors (Lipinski definition) is 2. The maximum Gasteiger partial charge on any atom is 0.0496 e. The molecular formula is C13H29NO. The van der Waals surface area contributed by atoms with E-state index >= 15 is 0 Å². The van der Waals surface area contributed by atoms with E-state index in [1.807, 2.05) is 0 Å². The lowest BCUT2D eigenvalue weighted by Gasteiger charge is -2.37. The molecular weight excluding hydrogens is 186 g/mol.